The number of Topliss-reactive ketones (excluding diaryl/α,β-unsaturated/α-hetero) is 1. The van der Waals surface area contributed by atoms with Crippen LogP contribution >= 0.6 is 0 Å². The molecule has 2 aliphatic carbocycles. The fourth-order valence-electron chi connectivity index (χ4n) is 4.64. The molecule has 0 aromatic heterocycles. The normalized spacial score (nSPS) is 52.7. The van der Waals surface area contributed by atoms with Crippen molar-refractivity contribution in [3.63, 3.8) is 0 Å². The van der Waals surface area contributed by atoms with Gasteiger partial charge in [-0.2, -0.15) is 0 Å². The van der Waals surface area contributed by atoms with E-state index in [4.69, 9.17) is 17.7 Å². The van der Waals surface area contributed by atoms with Crippen LogP contribution in [0.15, 0.2) is 12.1 Å². The lowest BCUT2D eigenvalue weighted by Crippen LogP contribution is -2.65. The highest BCUT2D eigenvalue weighted by Crippen LogP contribution is 2.62. The van der Waals surface area contributed by atoms with Crippen LogP contribution in [0.5, 0.6) is 11.5 Å². The minimum atomic E-state index is -2.48. The van der Waals surface area contributed by atoms with Crippen molar-refractivity contribution in [3.8, 4) is 11.5 Å². The molecule has 1 unspecified atom stereocenters. The molecule has 4 nitrogen and oxygen atoms in total. The number of benzene rings is 1. The van der Waals surface area contributed by atoms with E-state index in [2.05, 4.69) is 0 Å². The smallest absolute Gasteiger partial charge is 0.174 e. The molecule has 2 fully saturated rings. The number of rotatable bonds is 1. The van der Waals surface area contributed by atoms with E-state index in [0.717, 1.165) is 5.56 Å². The topological polar surface area (TPSA) is 38.8 Å². The fourth-order valence-corrected chi connectivity index (χ4v) is 4.64. The fraction of sp³-hybridized carbons (Fsp3) is 0.611. The molecule has 2 bridgehead atoms. The zero-order valence-corrected chi connectivity index (χ0v) is 12.2. The third-order valence-electron chi connectivity index (χ3n) is 5.56. The summed E-state index contributed by atoms with van der Waals surface area (Å²) in [5.74, 6) is -2.20. The van der Waals surface area contributed by atoms with Gasteiger partial charge in [0.25, 0.3) is 0 Å². The van der Waals surface area contributed by atoms with Crippen LogP contribution in [0, 0.1) is 5.89 Å². The van der Waals surface area contributed by atoms with E-state index in [9.17, 15) is 6.17 Å². The number of carbonyl (C=O) groups is 1. The Balaban J connectivity index is 1.87. The number of nitrogens with zero attached hydrogens (tertiary/aromatic N) is 1. The maximum Gasteiger partial charge on any atom is 0.174 e. The van der Waals surface area contributed by atoms with Gasteiger partial charge >= 0.3 is 0 Å². The van der Waals surface area contributed by atoms with Crippen LogP contribution in [0.25, 0.3) is 0 Å². The number of hydrogen-bond donors (Lipinski definition) is 0. The number of carbonyl (C=O) groups excluding carboxylic acids is 1. The number of ether oxygens (including phenoxy) is 2. The highest BCUT2D eigenvalue weighted by molar-refractivity contribution is 5.89. The van der Waals surface area contributed by atoms with Crippen molar-refractivity contribution in [1.29, 1.82) is 0 Å². The van der Waals surface area contributed by atoms with Gasteiger partial charge in [0.1, 0.15) is 0 Å². The first kappa shape index (κ1) is 7.82. The second-order valence-electron chi connectivity index (χ2n) is 6.34. The number of hydrogen-bond acceptors (Lipinski definition) is 4. The van der Waals surface area contributed by atoms with Crippen molar-refractivity contribution >= 4 is 5.78 Å². The van der Waals surface area contributed by atoms with Crippen molar-refractivity contribution in [2.75, 3.05) is 20.6 Å². The summed E-state index contributed by atoms with van der Waals surface area (Å²) in [6.07, 6.45) is -5.04. The number of piperidine rings is 1. The Morgan fingerprint density at radius 1 is 1.59 bits per heavy atom. The van der Waals surface area contributed by atoms with Crippen molar-refractivity contribution in [2.24, 2.45) is 5.89 Å². The molecular formula is C18H21NO3. The Bertz CT molecular complexity index is 950. The highest BCUT2D eigenvalue weighted by atomic mass is 16.5. The van der Waals surface area contributed by atoms with Crippen molar-refractivity contribution in [1.82, 2.24) is 4.90 Å². The summed E-state index contributed by atoms with van der Waals surface area (Å²) in [6, 6.07) is 2.56. The van der Waals surface area contributed by atoms with Gasteiger partial charge in [-0.15, -0.1) is 0 Å². The molecule has 2 aliphatic heterocycles. The SMILES string of the molecule is [2H]C1([2H])C[C@@]2([2H])[C@H]3Cc4ccc(OC)c5c4[C@@]2(CCN3C([2H])([2H])[2H])C([2H])(O5)C1=O. The van der Waals surface area contributed by atoms with E-state index in [-0.39, 0.29) is 25.1 Å². The molecule has 1 aromatic rings. The van der Waals surface area contributed by atoms with Crippen LogP contribution in [0.2, 0.25) is 0 Å². The van der Waals surface area contributed by atoms with E-state index in [1.54, 1.807) is 12.1 Å². The van der Waals surface area contributed by atoms with Crippen molar-refractivity contribution in [3.05, 3.63) is 23.3 Å². The van der Waals surface area contributed by atoms with E-state index in [0.29, 0.717) is 11.3 Å². The van der Waals surface area contributed by atoms with Gasteiger partial charge in [-0.1, -0.05) is 6.07 Å². The molecule has 0 radical (unpaired) electrons. The van der Waals surface area contributed by atoms with Crippen LogP contribution in [0.3, 0.4) is 0 Å². The Labute approximate surface area is 140 Å². The third kappa shape index (κ3) is 1.27. The second kappa shape index (κ2) is 4.05. The van der Waals surface area contributed by atoms with Gasteiger partial charge in [-0.3, -0.25) is 4.79 Å². The zero-order valence-electron chi connectivity index (χ0n) is 19.2. The molecule has 22 heavy (non-hydrogen) atoms. The average molecular weight is 306 g/mol. The van der Waals surface area contributed by atoms with Crippen LogP contribution in [-0.2, 0) is 16.6 Å². The summed E-state index contributed by atoms with van der Waals surface area (Å²) < 4.78 is 70.3. The standard InChI is InChI=1S/C18H21NO3/c1-19-8-7-18-11-4-5-13(20)17(18)22-16-14(21-2)6-3-10(15(16)18)9-12(11)19/h3,6,11-12,17H,4-5,7-9H2,1-2H3/t11-,12+,17?,18-/m0/s1/i1D3,5D2,11D,17D. The summed E-state index contributed by atoms with van der Waals surface area (Å²) in [4.78, 5) is 14.4. The second-order valence-corrected chi connectivity index (χ2v) is 6.34. The van der Waals surface area contributed by atoms with Gasteiger partial charge in [0.05, 0.1) is 8.48 Å². The Hall–Kier alpha value is -1.55. The van der Waals surface area contributed by atoms with E-state index >= 15 is 0 Å². The van der Waals surface area contributed by atoms with Gasteiger partial charge in [0, 0.05) is 31.6 Å². The number of likely N-dealkylation sites (tertiary alicyclic amines) is 1. The van der Waals surface area contributed by atoms with Crippen LogP contribution in [-0.4, -0.2) is 43.4 Å². The van der Waals surface area contributed by atoms with Crippen LogP contribution in [0.4, 0.5) is 0 Å². The van der Waals surface area contributed by atoms with Crippen LogP contribution in [0.1, 0.15) is 39.9 Å². The van der Waals surface area contributed by atoms with Gasteiger partial charge in [-0.05, 0) is 50.3 Å². The van der Waals surface area contributed by atoms with Crippen molar-refractivity contribution in [2.45, 2.75) is 43.2 Å². The molecule has 4 aliphatic rings. The Morgan fingerprint density at radius 2 is 2.50 bits per heavy atom. The molecule has 116 valence electrons. The molecule has 4 atom stereocenters. The average Bonchev–Trinajstić information content (AvgIpc) is 2.86. The Morgan fingerprint density at radius 3 is 3.32 bits per heavy atom. The zero-order chi connectivity index (χ0) is 21.2. The quantitative estimate of drug-likeness (QED) is 0.795. The highest BCUT2D eigenvalue weighted by Gasteiger charge is 2.65. The number of ketones is 1. The molecule has 2 heterocycles. The number of likely N-dealkylation sites (N-methyl/N-ethyl adjacent to an activating group) is 1. The van der Waals surface area contributed by atoms with Gasteiger partial charge in [0.15, 0.2) is 23.4 Å². The van der Waals surface area contributed by atoms with Gasteiger partial charge in [0.2, 0.25) is 0 Å². The van der Waals surface area contributed by atoms with Gasteiger partial charge < -0.3 is 14.4 Å². The van der Waals surface area contributed by atoms with Crippen LogP contribution < -0.4 is 9.47 Å². The summed E-state index contributed by atoms with van der Waals surface area (Å²) in [6.45, 7) is -2.40. The minimum absolute atomic E-state index is 0.0455. The first-order valence-electron chi connectivity index (χ1n) is 11.0. The van der Waals surface area contributed by atoms with Gasteiger partial charge in [-0.25, -0.2) is 0 Å². The predicted molar refractivity (Wildman–Crippen MR) is 81.6 cm³/mol. The largest absolute Gasteiger partial charge is 0.493 e. The monoisotopic (exact) mass is 306 g/mol. The molecule has 1 saturated carbocycles. The molecule has 1 saturated heterocycles. The Kier molecular flexibility index (Phi) is 1.44. The molecule has 4 heteroatoms. The molecule has 5 rings (SSSR count). The van der Waals surface area contributed by atoms with E-state index < -0.39 is 49.0 Å². The first-order chi connectivity index (χ1) is 13.3. The minimum Gasteiger partial charge on any atom is -0.493 e. The lowest BCUT2D eigenvalue weighted by Gasteiger charge is -2.57. The summed E-state index contributed by atoms with van der Waals surface area (Å²) in [5.41, 5.74) is -0.175. The van der Waals surface area contributed by atoms with E-state index in [1.165, 1.54) is 12.0 Å². The lowest BCUT2D eigenvalue weighted by atomic mass is 9.52. The summed E-state index contributed by atoms with van der Waals surface area (Å²) in [7, 11) is 1.44. The first-order valence-corrected chi connectivity index (χ1v) is 7.54. The lowest BCUT2D eigenvalue weighted by molar-refractivity contribution is -0.138. The van der Waals surface area contributed by atoms with E-state index in [1.807, 2.05) is 0 Å². The molecular weight excluding hydrogens is 278 g/mol. The predicted octanol–water partition coefficient (Wildman–Crippen LogP) is 1.93. The molecule has 0 N–H and O–H groups in total. The summed E-state index contributed by atoms with van der Waals surface area (Å²) in [5, 5.41) is 0. The maximum absolute atomic E-state index is 13.2. The molecule has 1 aromatic carbocycles. The number of methoxy groups -OCH3 is 1. The summed E-state index contributed by atoms with van der Waals surface area (Å²) >= 11 is 0. The maximum atomic E-state index is 13.2. The third-order valence-corrected chi connectivity index (χ3v) is 5.56. The molecule has 0 amide bonds. The van der Waals surface area contributed by atoms with Crippen molar-refractivity contribution < 1.29 is 23.9 Å². The molecule has 1 spiro atoms.